The molecular weight excluding hydrogens is 272 g/mol. The fourth-order valence-corrected chi connectivity index (χ4v) is 2.88. The van der Waals surface area contributed by atoms with Crippen molar-refractivity contribution in [2.24, 2.45) is 0 Å². The van der Waals surface area contributed by atoms with Gasteiger partial charge >= 0.3 is 0 Å². The van der Waals surface area contributed by atoms with Gasteiger partial charge in [0.2, 0.25) is 0 Å². The zero-order valence-electron chi connectivity index (χ0n) is 12.3. The number of non-ortho nitro benzene ring substituents is 1. The van der Waals surface area contributed by atoms with Crippen LogP contribution >= 0.6 is 0 Å². The van der Waals surface area contributed by atoms with Gasteiger partial charge in [-0.2, -0.15) is 0 Å². The largest absolute Gasteiger partial charge is 0.496 e. The van der Waals surface area contributed by atoms with Gasteiger partial charge in [-0.25, -0.2) is 0 Å². The number of ether oxygens (including phenoxy) is 1. The van der Waals surface area contributed by atoms with Crippen molar-refractivity contribution in [3.8, 4) is 5.75 Å². The van der Waals surface area contributed by atoms with Gasteiger partial charge < -0.3 is 15.2 Å². The van der Waals surface area contributed by atoms with Crippen LogP contribution in [-0.4, -0.2) is 29.3 Å². The smallest absolute Gasteiger partial charge is 0.273 e. The molecule has 1 aromatic rings. The lowest BCUT2D eigenvalue weighted by molar-refractivity contribution is -0.385. The van der Waals surface area contributed by atoms with E-state index in [0.717, 1.165) is 31.2 Å². The van der Waals surface area contributed by atoms with Gasteiger partial charge in [-0.15, -0.1) is 0 Å². The van der Waals surface area contributed by atoms with Gasteiger partial charge in [0.25, 0.3) is 5.69 Å². The summed E-state index contributed by atoms with van der Waals surface area (Å²) in [6.45, 7) is 0.581. The SMILES string of the molecule is COc1cc(CNC2(CO)CCCCC2)cc([N+](=O)[O-])c1. The van der Waals surface area contributed by atoms with E-state index in [1.807, 2.05) is 0 Å². The van der Waals surface area contributed by atoms with Gasteiger partial charge in [0.1, 0.15) is 5.75 Å². The van der Waals surface area contributed by atoms with E-state index in [0.29, 0.717) is 12.3 Å². The Hall–Kier alpha value is -1.66. The van der Waals surface area contributed by atoms with Crippen molar-refractivity contribution in [1.29, 1.82) is 0 Å². The monoisotopic (exact) mass is 294 g/mol. The Balaban J connectivity index is 2.11. The topological polar surface area (TPSA) is 84.6 Å². The summed E-state index contributed by atoms with van der Waals surface area (Å²) in [5.74, 6) is 0.475. The van der Waals surface area contributed by atoms with E-state index >= 15 is 0 Å². The van der Waals surface area contributed by atoms with Crippen molar-refractivity contribution in [2.75, 3.05) is 13.7 Å². The molecule has 0 heterocycles. The molecule has 0 saturated heterocycles. The highest BCUT2D eigenvalue weighted by atomic mass is 16.6. The molecule has 0 atom stereocenters. The van der Waals surface area contributed by atoms with Gasteiger partial charge in [0, 0.05) is 18.2 Å². The maximum Gasteiger partial charge on any atom is 0.273 e. The molecule has 116 valence electrons. The highest BCUT2D eigenvalue weighted by Gasteiger charge is 2.30. The predicted molar refractivity (Wildman–Crippen MR) is 79.4 cm³/mol. The number of hydrogen-bond donors (Lipinski definition) is 2. The summed E-state index contributed by atoms with van der Waals surface area (Å²) in [7, 11) is 1.49. The van der Waals surface area contributed by atoms with Gasteiger partial charge in [0.05, 0.1) is 24.7 Å². The third-order valence-electron chi connectivity index (χ3n) is 4.18. The molecule has 1 fully saturated rings. The first kappa shape index (κ1) is 15.7. The van der Waals surface area contributed by atoms with Crippen LogP contribution in [0.4, 0.5) is 5.69 Å². The second kappa shape index (κ2) is 6.87. The van der Waals surface area contributed by atoms with E-state index < -0.39 is 4.92 Å². The second-order valence-electron chi connectivity index (χ2n) is 5.65. The van der Waals surface area contributed by atoms with E-state index in [4.69, 9.17) is 4.74 Å². The molecule has 0 unspecified atom stereocenters. The normalized spacial score (nSPS) is 17.4. The number of benzene rings is 1. The van der Waals surface area contributed by atoms with Gasteiger partial charge in [0.15, 0.2) is 0 Å². The molecule has 6 heteroatoms. The quantitative estimate of drug-likeness (QED) is 0.621. The number of nitrogens with zero attached hydrogens (tertiary/aromatic N) is 1. The van der Waals surface area contributed by atoms with Crippen LogP contribution in [0.1, 0.15) is 37.7 Å². The average molecular weight is 294 g/mol. The molecule has 0 bridgehead atoms. The van der Waals surface area contributed by atoms with Crippen LogP contribution in [0.15, 0.2) is 18.2 Å². The van der Waals surface area contributed by atoms with Crippen molar-refractivity contribution in [1.82, 2.24) is 5.32 Å². The van der Waals surface area contributed by atoms with Crippen LogP contribution in [-0.2, 0) is 6.54 Å². The molecular formula is C15H22N2O4. The molecule has 1 saturated carbocycles. The third kappa shape index (κ3) is 3.92. The lowest BCUT2D eigenvalue weighted by Gasteiger charge is -2.36. The van der Waals surface area contributed by atoms with Gasteiger partial charge in [-0.05, 0) is 24.5 Å². The Morgan fingerprint density at radius 2 is 2.05 bits per heavy atom. The highest BCUT2D eigenvalue weighted by molar-refractivity contribution is 5.42. The number of nitro benzene ring substituents is 1. The molecule has 2 N–H and O–H groups in total. The average Bonchev–Trinajstić information content (AvgIpc) is 2.53. The van der Waals surface area contributed by atoms with Gasteiger partial charge in [-0.1, -0.05) is 19.3 Å². The molecule has 1 aliphatic carbocycles. The van der Waals surface area contributed by atoms with Crippen molar-refractivity contribution in [3.63, 3.8) is 0 Å². The van der Waals surface area contributed by atoms with E-state index in [2.05, 4.69) is 5.32 Å². The maximum absolute atomic E-state index is 10.9. The molecule has 0 spiro atoms. The Kier molecular flexibility index (Phi) is 5.14. The van der Waals surface area contributed by atoms with E-state index in [1.54, 1.807) is 12.1 Å². The van der Waals surface area contributed by atoms with Crippen molar-refractivity contribution in [2.45, 2.75) is 44.2 Å². The molecule has 0 aromatic heterocycles. The summed E-state index contributed by atoms with van der Waals surface area (Å²) < 4.78 is 5.11. The predicted octanol–water partition coefficient (Wildman–Crippen LogP) is 2.39. The Bertz CT molecular complexity index is 498. The lowest BCUT2D eigenvalue weighted by Crippen LogP contribution is -2.49. The zero-order chi connectivity index (χ0) is 15.3. The molecule has 2 rings (SSSR count). The Morgan fingerprint density at radius 3 is 2.62 bits per heavy atom. The lowest BCUT2D eigenvalue weighted by atomic mass is 9.82. The number of aliphatic hydroxyl groups excluding tert-OH is 1. The van der Waals surface area contributed by atoms with E-state index in [9.17, 15) is 15.2 Å². The maximum atomic E-state index is 10.9. The first-order chi connectivity index (χ1) is 10.1. The standard InChI is InChI=1S/C15H22N2O4/c1-21-14-8-12(7-13(9-14)17(19)20)10-16-15(11-18)5-3-2-4-6-15/h7-9,16,18H,2-6,10-11H2,1H3. The number of methoxy groups -OCH3 is 1. The van der Waals surface area contributed by atoms with E-state index in [-0.39, 0.29) is 17.8 Å². The number of aliphatic hydroxyl groups is 1. The fourth-order valence-electron chi connectivity index (χ4n) is 2.88. The number of rotatable bonds is 6. The minimum absolute atomic E-state index is 0.0212. The first-order valence-corrected chi connectivity index (χ1v) is 7.27. The molecule has 0 radical (unpaired) electrons. The summed E-state index contributed by atoms with van der Waals surface area (Å²) in [5.41, 5.74) is 0.558. The number of nitrogens with one attached hydrogen (secondary N) is 1. The third-order valence-corrected chi connectivity index (χ3v) is 4.18. The second-order valence-corrected chi connectivity index (χ2v) is 5.65. The Labute approximate surface area is 124 Å². The van der Waals surface area contributed by atoms with Crippen LogP contribution in [0.2, 0.25) is 0 Å². The van der Waals surface area contributed by atoms with Crippen LogP contribution < -0.4 is 10.1 Å². The molecule has 6 nitrogen and oxygen atoms in total. The minimum atomic E-state index is -0.422. The van der Waals surface area contributed by atoms with Crippen molar-refractivity contribution >= 4 is 5.69 Å². The number of hydrogen-bond acceptors (Lipinski definition) is 5. The van der Waals surface area contributed by atoms with Crippen LogP contribution in [0.3, 0.4) is 0 Å². The summed E-state index contributed by atoms with van der Waals surface area (Å²) in [6, 6.07) is 4.74. The Morgan fingerprint density at radius 1 is 1.33 bits per heavy atom. The summed E-state index contributed by atoms with van der Waals surface area (Å²) in [4.78, 5) is 10.5. The minimum Gasteiger partial charge on any atom is -0.496 e. The molecule has 0 aliphatic heterocycles. The first-order valence-electron chi connectivity index (χ1n) is 7.27. The van der Waals surface area contributed by atoms with Crippen molar-refractivity contribution in [3.05, 3.63) is 33.9 Å². The summed E-state index contributed by atoms with van der Waals surface area (Å²) in [5, 5.41) is 24.0. The van der Waals surface area contributed by atoms with Crippen molar-refractivity contribution < 1.29 is 14.8 Å². The van der Waals surface area contributed by atoms with Gasteiger partial charge in [-0.3, -0.25) is 10.1 Å². The fraction of sp³-hybridized carbons (Fsp3) is 0.600. The van der Waals surface area contributed by atoms with Crippen LogP contribution in [0.5, 0.6) is 5.75 Å². The molecule has 1 aliphatic rings. The van der Waals surface area contributed by atoms with E-state index in [1.165, 1.54) is 19.6 Å². The molecule has 1 aromatic carbocycles. The highest BCUT2D eigenvalue weighted by Crippen LogP contribution is 2.29. The zero-order valence-corrected chi connectivity index (χ0v) is 12.3. The van der Waals surface area contributed by atoms with Crippen LogP contribution in [0.25, 0.3) is 0 Å². The molecule has 0 amide bonds. The summed E-state index contributed by atoms with van der Waals surface area (Å²) in [6.07, 6.45) is 5.29. The number of nitro groups is 1. The molecule has 21 heavy (non-hydrogen) atoms. The summed E-state index contributed by atoms with van der Waals surface area (Å²) >= 11 is 0. The van der Waals surface area contributed by atoms with Crippen LogP contribution in [0, 0.1) is 10.1 Å².